The van der Waals surface area contributed by atoms with Crippen molar-refractivity contribution in [3.63, 3.8) is 0 Å². The van der Waals surface area contributed by atoms with Crippen LogP contribution in [-0.2, 0) is 20.0 Å². The second-order valence-corrected chi connectivity index (χ2v) is 8.24. The lowest BCUT2D eigenvalue weighted by Gasteiger charge is -2.09. The molecule has 0 heterocycles. The van der Waals surface area contributed by atoms with E-state index >= 15 is 0 Å². The Morgan fingerprint density at radius 2 is 1.65 bits per heavy atom. The van der Waals surface area contributed by atoms with Crippen molar-refractivity contribution in [1.82, 2.24) is 0 Å². The predicted octanol–water partition coefficient (Wildman–Crippen LogP) is 1.82. The molecular weight excluding hydrogens is 324 g/mol. The van der Waals surface area contributed by atoms with Gasteiger partial charge in [0.05, 0.1) is 23.4 Å². The van der Waals surface area contributed by atoms with Crippen LogP contribution in [0.2, 0.25) is 0 Å². The van der Waals surface area contributed by atoms with Crippen LogP contribution in [-0.4, -0.2) is 34.7 Å². The molecule has 0 fully saturated rings. The second-order valence-electron chi connectivity index (χ2n) is 4.27. The lowest BCUT2D eigenvalue weighted by Crippen LogP contribution is -2.17. The summed E-state index contributed by atoms with van der Waals surface area (Å²) in [6, 6.07) is 6.06. The van der Waals surface area contributed by atoms with Crippen molar-refractivity contribution in [2.75, 3.05) is 27.3 Å². The molecule has 0 saturated carbocycles. The average molecular weight is 341 g/mol. The third-order valence-electron chi connectivity index (χ3n) is 2.24. The van der Waals surface area contributed by atoms with Crippen molar-refractivity contribution in [3.8, 4) is 0 Å². The minimum atomic E-state index is -3.45. The van der Waals surface area contributed by atoms with Crippen molar-refractivity contribution in [3.05, 3.63) is 24.3 Å². The first-order valence-electron chi connectivity index (χ1n) is 5.86. The van der Waals surface area contributed by atoms with Gasteiger partial charge in [0.25, 0.3) is 0 Å². The smallest absolute Gasteiger partial charge is 0.232 e. The minimum Gasteiger partial charge on any atom is -0.284 e. The molecule has 0 bridgehead atoms. The fraction of sp³-hybridized carbons (Fsp3) is 0.455. The zero-order valence-electron chi connectivity index (χ0n) is 11.0. The SMILES string of the molecule is CS(=O)(=O)Nc1cccc(NS(=O)(=O)CCCCCl)c1. The third kappa shape index (κ3) is 6.97. The van der Waals surface area contributed by atoms with E-state index < -0.39 is 20.0 Å². The first-order valence-corrected chi connectivity index (χ1v) is 9.94. The van der Waals surface area contributed by atoms with Crippen molar-refractivity contribution in [1.29, 1.82) is 0 Å². The molecule has 114 valence electrons. The molecule has 0 aliphatic heterocycles. The summed E-state index contributed by atoms with van der Waals surface area (Å²) in [7, 11) is -6.85. The topological polar surface area (TPSA) is 92.3 Å². The lowest BCUT2D eigenvalue weighted by molar-refractivity contribution is 0.597. The van der Waals surface area contributed by atoms with Crippen LogP contribution in [0.3, 0.4) is 0 Å². The van der Waals surface area contributed by atoms with Crippen molar-refractivity contribution < 1.29 is 16.8 Å². The van der Waals surface area contributed by atoms with Gasteiger partial charge in [0.2, 0.25) is 20.0 Å². The summed E-state index contributed by atoms with van der Waals surface area (Å²) in [4.78, 5) is 0. The van der Waals surface area contributed by atoms with Gasteiger partial charge in [-0.25, -0.2) is 16.8 Å². The molecular formula is C11H17ClN2O4S2. The molecule has 2 N–H and O–H groups in total. The lowest BCUT2D eigenvalue weighted by atomic mass is 10.3. The highest BCUT2D eigenvalue weighted by atomic mass is 35.5. The van der Waals surface area contributed by atoms with E-state index in [0.29, 0.717) is 30.1 Å². The van der Waals surface area contributed by atoms with Crippen LogP contribution in [0.4, 0.5) is 11.4 Å². The number of halogens is 1. The maximum absolute atomic E-state index is 11.8. The maximum atomic E-state index is 11.8. The van der Waals surface area contributed by atoms with E-state index in [0.717, 1.165) is 6.26 Å². The van der Waals surface area contributed by atoms with Crippen molar-refractivity contribution in [2.45, 2.75) is 12.8 Å². The van der Waals surface area contributed by atoms with Gasteiger partial charge in [-0.05, 0) is 31.0 Å². The Balaban J connectivity index is 2.75. The Hall–Kier alpha value is -0.990. The number of alkyl halides is 1. The molecule has 0 aliphatic carbocycles. The van der Waals surface area contributed by atoms with E-state index in [9.17, 15) is 16.8 Å². The van der Waals surface area contributed by atoms with E-state index in [1.165, 1.54) is 12.1 Å². The molecule has 0 amide bonds. The van der Waals surface area contributed by atoms with Gasteiger partial charge in [-0.3, -0.25) is 9.44 Å². The number of rotatable bonds is 8. The zero-order chi connectivity index (χ0) is 15.2. The van der Waals surface area contributed by atoms with Gasteiger partial charge in [-0.15, -0.1) is 11.6 Å². The Morgan fingerprint density at radius 3 is 2.20 bits per heavy atom. The Labute approximate surface area is 124 Å². The quantitative estimate of drug-likeness (QED) is 0.557. The molecule has 0 aliphatic rings. The Morgan fingerprint density at radius 1 is 1.05 bits per heavy atom. The first kappa shape index (κ1) is 17.1. The van der Waals surface area contributed by atoms with Gasteiger partial charge >= 0.3 is 0 Å². The summed E-state index contributed by atoms with van der Waals surface area (Å²) in [5.74, 6) is 0.396. The summed E-state index contributed by atoms with van der Waals surface area (Å²) in [5.41, 5.74) is 0.609. The van der Waals surface area contributed by atoms with Crippen LogP contribution in [0.1, 0.15) is 12.8 Å². The van der Waals surface area contributed by atoms with E-state index in [1.54, 1.807) is 12.1 Å². The fourth-order valence-corrected chi connectivity index (χ4v) is 3.39. The monoisotopic (exact) mass is 340 g/mol. The van der Waals surface area contributed by atoms with Crippen LogP contribution >= 0.6 is 11.6 Å². The van der Waals surface area contributed by atoms with Crippen LogP contribution in [0.15, 0.2) is 24.3 Å². The maximum Gasteiger partial charge on any atom is 0.232 e. The van der Waals surface area contributed by atoms with Gasteiger partial charge in [0.15, 0.2) is 0 Å². The highest BCUT2D eigenvalue weighted by Gasteiger charge is 2.10. The van der Waals surface area contributed by atoms with E-state index in [4.69, 9.17) is 11.6 Å². The standard InChI is InChI=1S/C11H17ClN2O4S2/c1-19(15,16)13-10-5-4-6-11(9-10)14-20(17,18)8-3-2-7-12/h4-6,9,13-14H,2-3,7-8H2,1H3. The van der Waals surface area contributed by atoms with Crippen LogP contribution in [0.25, 0.3) is 0 Å². The van der Waals surface area contributed by atoms with Crippen LogP contribution < -0.4 is 9.44 Å². The average Bonchev–Trinajstić information content (AvgIpc) is 2.26. The number of unbranched alkanes of at least 4 members (excludes halogenated alkanes) is 1. The van der Waals surface area contributed by atoms with Crippen molar-refractivity contribution in [2.24, 2.45) is 0 Å². The molecule has 1 rings (SSSR count). The number of sulfonamides is 2. The number of anilines is 2. The molecule has 0 atom stereocenters. The summed E-state index contributed by atoms with van der Waals surface area (Å²) in [6.45, 7) is 0. The van der Waals surface area contributed by atoms with Crippen LogP contribution in [0, 0.1) is 0 Å². The third-order valence-corrected chi connectivity index (χ3v) is 4.48. The minimum absolute atomic E-state index is 0.0244. The molecule has 0 spiro atoms. The highest BCUT2D eigenvalue weighted by molar-refractivity contribution is 7.92. The van der Waals surface area contributed by atoms with Gasteiger partial charge in [0.1, 0.15) is 0 Å². The van der Waals surface area contributed by atoms with Crippen molar-refractivity contribution >= 4 is 43.0 Å². The second kappa shape index (κ2) is 7.14. The number of hydrogen-bond acceptors (Lipinski definition) is 4. The fourth-order valence-electron chi connectivity index (χ4n) is 1.48. The summed E-state index contributed by atoms with van der Waals surface area (Å²) in [5, 5.41) is 0. The molecule has 0 radical (unpaired) electrons. The van der Waals surface area contributed by atoms with Gasteiger partial charge in [-0.1, -0.05) is 6.07 Å². The zero-order valence-corrected chi connectivity index (χ0v) is 13.4. The molecule has 0 saturated heterocycles. The normalized spacial score (nSPS) is 12.1. The largest absolute Gasteiger partial charge is 0.284 e. The Kier molecular flexibility index (Phi) is 6.09. The molecule has 9 heteroatoms. The van der Waals surface area contributed by atoms with E-state index in [1.807, 2.05) is 0 Å². The first-order chi connectivity index (χ1) is 9.22. The van der Waals surface area contributed by atoms with Gasteiger partial charge < -0.3 is 0 Å². The Bertz CT molecular complexity index is 644. The predicted molar refractivity (Wildman–Crippen MR) is 82.3 cm³/mol. The molecule has 6 nitrogen and oxygen atoms in total. The molecule has 20 heavy (non-hydrogen) atoms. The van der Waals surface area contributed by atoms with Gasteiger partial charge in [-0.2, -0.15) is 0 Å². The van der Waals surface area contributed by atoms with Crippen LogP contribution in [0.5, 0.6) is 0 Å². The summed E-state index contributed by atoms with van der Waals surface area (Å²) >= 11 is 5.49. The summed E-state index contributed by atoms with van der Waals surface area (Å²) in [6.07, 6.45) is 2.12. The number of hydrogen-bond donors (Lipinski definition) is 2. The molecule has 0 aromatic heterocycles. The number of nitrogens with one attached hydrogen (secondary N) is 2. The van der Waals surface area contributed by atoms with E-state index in [-0.39, 0.29) is 5.75 Å². The molecule has 1 aromatic carbocycles. The molecule has 0 unspecified atom stereocenters. The highest BCUT2D eigenvalue weighted by Crippen LogP contribution is 2.17. The van der Waals surface area contributed by atoms with E-state index in [2.05, 4.69) is 9.44 Å². The van der Waals surface area contributed by atoms with Gasteiger partial charge in [0, 0.05) is 5.88 Å². The molecule has 1 aromatic rings. The number of benzene rings is 1. The summed E-state index contributed by atoms with van der Waals surface area (Å²) < 4.78 is 50.5.